The normalized spacial score (nSPS) is 11.3. The third-order valence-electron chi connectivity index (χ3n) is 4.34. The van der Waals surface area contributed by atoms with Crippen molar-refractivity contribution >= 4 is 40.1 Å². The number of hydrogen-bond acceptors (Lipinski definition) is 6. The predicted octanol–water partition coefficient (Wildman–Crippen LogP) is 4.66. The molecule has 0 bridgehead atoms. The van der Waals surface area contributed by atoms with E-state index in [1.807, 2.05) is 35.7 Å². The fraction of sp³-hybridized carbons (Fsp3) is 0.0952. The van der Waals surface area contributed by atoms with Crippen LogP contribution in [0.2, 0.25) is 5.02 Å². The van der Waals surface area contributed by atoms with Gasteiger partial charge in [0.2, 0.25) is 0 Å². The zero-order chi connectivity index (χ0) is 20.4. The number of nitrogens with zero attached hydrogens (tertiary/aromatic N) is 3. The van der Waals surface area contributed by atoms with Gasteiger partial charge in [0.1, 0.15) is 5.02 Å². The van der Waals surface area contributed by atoms with Crippen molar-refractivity contribution in [3.8, 4) is 22.8 Å². The van der Waals surface area contributed by atoms with Gasteiger partial charge in [-0.1, -0.05) is 23.7 Å². The first-order chi connectivity index (χ1) is 14.1. The largest absolute Gasteiger partial charge is 0.493 e. The summed E-state index contributed by atoms with van der Waals surface area (Å²) in [5.41, 5.74) is 2.47. The van der Waals surface area contributed by atoms with Crippen LogP contribution < -0.4 is 15.0 Å². The van der Waals surface area contributed by atoms with Crippen LogP contribution in [0.4, 0.5) is 0 Å². The topological polar surface area (TPSA) is 65.7 Å². The molecule has 8 heteroatoms. The van der Waals surface area contributed by atoms with Gasteiger partial charge in [-0.15, -0.1) is 11.3 Å². The van der Waals surface area contributed by atoms with E-state index < -0.39 is 0 Å². The van der Waals surface area contributed by atoms with Gasteiger partial charge in [0.05, 0.1) is 25.6 Å². The van der Waals surface area contributed by atoms with Crippen molar-refractivity contribution in [3.05, 3.63) is 74.7 Å². The molecule has 0 aliphatic heterocycles. The molecular weight excluding hydrogens is 410 g/mol. The van der Waals surface area contributed by atoms with Gasteiger partial charge in [0.15, 0.2) is 16.5 Å². The summed E-state index contributed by atoms with van der Waals surface area (Å²) in [5.74, 6) is 1.19. The summed E-state index contributed by atoms with van der Waals surface area (Å²) in [6.45, 7) is 0. The maximum Gasteiger partial charge on any atom is 0.278 e. The zero-order valence-corrected chi connectivity index (χ0v) is 17.2. The zero-order valence-electron chi connectivity index (χ0n) is 15.6. The molecule has 0 spiro atoms. The maximum atomic E-state index is 13.0. The van der Waals surface area contributed by atoms with E-state index in [2.05, 4.69) is 9.97 Å². The molecule has 0 amide bonds. The average Bonchev–Trinajstić information content (AvgIpc) is 3.19. The second kappa shape index (κ2) is 8.06. The summed E-state index contributed by atoms with van der Waals surface area (Å²) in [6, 6.07) is 9.21. The van der Waals surface area contributed by atoms with Crippen LogP contribution in [0.25, 0.3) is 28.4 Å². The lowest BCUT2D eigenvalue weighted by Gasteiger charge is -2.09. The highest BCUT2D eigenvalue weighted by molar-refractivity contribution is 7.15. The Kier molecular flexibility index (Phi) is 5.33. The minimum Gasteiger partial charge on any atom is -0.493 e. The summed E-state index contributed by atoms with van der Waals surface area (Å²) in [6.07, 6.45) is 6.95. The second-order valence-electron chi connectivity index (χ2n) is 6.04. The number of hydrogen-bond donors (Lipinski definition) is 0. The summed E-state index contributed by atoms with van der Waals surface area (Å²) >= 11 is 7.72. The van der Waals surface area contributed by atoms with Crippen LogP contribution in [0.1, 0.15) is 11.3 Å². The third-order valence-corrected chi connectivity index (χ3v) is 5.52. The second-order valence-corrected chi connectivity index (χ2v) is 7.26. The summed E-state index contributed by atoms with van der Waals surface area (Å²) in [4.78, 5) is 22.2. The van der Waals surface area contributed by atoms with Crippen molar-refractivity contribution < 1.29 is 9.47 Å². The number of pyridine rings is 1. The van der Waals surface area contributed by atoms with E-state index in [1.165, 1.54) is 15.7 Å². The first-order valence-electron chi connectivity index (χ1n) is 8.62. The Morgan fingerprint density at radius 1 is 1.14 bits per heavy atom. The highest BCUT2D eigenvalue weighted by Crippen LogP contribution is 2.33. The molecule has 0 saturated carbocycles. The number of thiazole rings is 1. The molecule has 3 heterocycles. The van der Waals surface area contributed by atoms with E-state index in [9.17, 15) is 4.79 Å². The first-order valence-corrected chi connectivity index (χ1v) is 9.88. The van der Waals surface area contributed by atoms with Gasteiger partial charge >= 0.3 is 0 Å². The Morgan fingerprint density at radius 3 is 2.69 bits per heavy atom. The minimum atomic E-state index is -0.325. The third kappa shape index (κ3) is 3.62. The fourth-order valence-corrected chi connectivity index (χ4v) is 3.99. The molecule has 146 valence electrons. The van der Waals surface area contributed by atoms with Crippen LogP contribution in [0, 0.1) is 0 Å². The lowest BCUT2D eigenvalue weighted by atomic mass is 10.1. The van der Waals surface area contributed by atoms with Crippen molar-refractivity contribution in [2.45, 2.75) is 0 Å². The molecule has 0 atom stereocenters. The predicted molar refractivity (Wildman–Crippen MR) is 116 cm³/mol. The molecule has 0 N–H and O–H groups in total. The summed E-state index contributed by atoms with van der Waals surface area (Å²) in [5, 5.41) is 1.93. The molecule has 0 fully saturated rings. The van der Waals surface area contributed by atoms with E-state index >= 15 is 0 Å². The highest BCUT2D eigenvalue weighted by Gasteiger charge is 2.16. The van der Waals surface area contributed by atoms with Crippen LogP contribution >= 0.6 is 22.9 Å². The number of ether oxygens (including phenoxy) is 2. The average molecular weight is 426 g/mol. The number of aromatic nitrogens is 3. The Bertz CT molecular complexity index is 1270. The molecule has 3 aromatic heterocycles. The van der Waals surface area contributed by atoms with Crippen LogP contribution in [-0.2, 0) is 0 Å². The van der Waals surface area contributed by atoms with E-state index in [-0.39, 0.29) is 10.6 Å². The minimum absolute atomic E-state index is 0.0581. The Hall–Kier alpha value is -3.16. The highest BCUT2D eigenvalue weighted by atomic mass is 35.5. The van der Waals surface area contributed by atoms with Crippen LogP contribution in [0.3, 0.4) is 0 Å². The van der Waals surface area contributed by atoms with Crippen molar-refractivity contribution in [1.29, 1.82) is 0 Å². The van der Waals surface area contributed by atoms with E-state index in [0.717, 1.165) is 11.1 Å². The van der Waals surface area contributed by atoms with Crippen molar-refractivity contribution in [2.24, 2.45) is 0 Å². The molecular formula is C21H16ClN3O3S. The first kappa shape index (κ1) is 19.2. The molecule has 0 aliphatic rings. The van der Waals surface area contributed by atoms with E-state index in [4.69, 9.17) is 21.1 Å². The number of benzene rings is 1. The fourth-order valence-electron chi connectivity index (χ4n) is 2.90. The molecule has 29 heavy (non-hydrogen) atoms. The van der Waals surface area contributed by atoms with Gasteiger partial charge in [-0.25, -0.2) is 9.38 Å². The van der Waals surface area contributed by atoms with Gasteiger partial charge < -0.3 is 9.47 Å². The standard InChI is InChI=1S/C21H16ClN3O3S/c1-27-17-8-6-14(10-18(17)28-2)16-12-29-21-24-15(19(22)20(26)25(16)21)7-5-13-4-3-9-23-11-13/h3-12H,1-2H3. The number of rotatable bonds is 5. The lowest BCUT2D eigenvalue weighted by molar-refractivity contribution is 0.355. The quantitative estimate of drug-likeness (QED) is 0.465. The van der Waals surface area contributed by atoms with Crippen LogP contribution in [0.5, 0.6) is 11.5 Å². The molecule has 6 nitrogen and oxygen atoms in total. The van der Waals surface area contributed by atoms with E-state index in [0.29, 0.717) is 27.8 Å². The molecule has 1 aromatic carbocycles. The molecule has 4 rings (SSSR count). The summed E-state index contributed by atoms with van der Waals surface area (Å²) < 4.78 is 12.2. The smallest absolute Gasteiger partial charge is 0.278 e. The van der Waals surface area contributed by atoms with E-state index in [1.54, 1.807) is 38.8 Å². The van der Waals surface area contributed by atoms with Gasteiger partial charge in [0.25, 0.3) is 5.56 Å². The van der Waals surface area contributed by atoms with Crippen LogP contribution in [0.15, 0.2) is 52.9 Å². The van der Waals surface area contributed by atoms with Crippen molar-refractivity contribution in [2.75, 3.05) is 14.2 Å². The van der Waals surface area contributed by atoms with Crippen molar-refractivity contribution in [1.82, 2.24) is 14.4 Å². The van der Waals surface area contributed by atoms with Crippen molar-refractivity contribution in [3.63, 3.8) is 0 Å². The Labute approximate surface area is 175 Å². The maximum absolute atomic E-state index is 13.0. The molecule has 0 unspecified atom stereocenters. The van der Waals surface area contributed by atoms with Gasteiger partial charge in [-0.3, -0.25) is 9.78 Å². The molecule has 0 saturated heterocycles. The monoisotopic (exact) mass is 425 g/mol. The van der Waals surface area contributed by atoms with Crippen LogP contribution in [-0.4, -0.2) is 28.6 Å². The number of methoxy groups -OCH3 is 2. The van der Waals surface area contributed by atoms with Gasteiger partial charge in [0, 0.05) is 23.3 Å². The molecule has 0 radical (unpaired) electrons. The lowest BCUT2D eigenvalue weighted by Crippen LogP contribution is -2.16. The van der Waals surface area contributed by atoms with Gasteiger partial charge in [-0.2, -0.15) is 0 Å². The Morgan fingerprint density at radius 2 is 1.97 bits per heavy atom. The summed E-state index contributed by atoms with van der Waals surface area (Å²) in [7, 11) is 3.14. The van der Waals surface area contributed by atoms with Gasteiger partial charge in [-0.05, 0) is 35.9 Å². The SMILES string of the molecule is COc1ccc(-c2csc3nc(C=Cc4cccnc4)c(Cl)c(=O)n23)cc1OC. The Balaban J connectivity index is 1.81. The number of fused-ring (bicyclic) bond motifs is 1. The molecule has 4 aromatic rings. The number of halogens is 1. The molecule has 0 aliphatic carbocycles.